The number of benzene rings is 9. The number of rotatable bonds is 15. The molecule has 0 bridgehead atoms. The topological polar surface area (TPSA) is 0 Å². The third-order valence-electron chi connectivity index (χ3n) is 11.1. The van der Waals surface area contributed by atoms with Gasteiger partial charge in [-0.2, -0.15) is 11.5 Å². The molecule has 9 rings (SSSR count). The van der Waals surface area contributed by atoms with Gasteiger partial charge in [-0.1, -0.05) is 164 Å². The Balaban J connectivity index is 0.000000259. The summed E-state index contributed by atoms with van der Waals surface area (Å²) < 4.78 is 39.0. The van der Waals surface area contributed by atoms with Gasteiger partial charge in [0.05, 0.1) is 37.1 Å². The van der Waals surface area contributed by atoms with Crippen LogP contribution < -0.4 is 53.0 Å². The van der Waals surface area contributed by atoms with Crippen molar-refractivity contribution < 1.29 is 50.8 Å². The van der Waals surface area contributed by atoms with Gasteiger partial charge in [0, 0.05) is 16.5 Å². The minimum atomic E-state index is -6.00. The molecule has 0 saturated carbocycles. The van der Waals surface area contributed by atoms with Crippen LogP contribution in [-0.2, 0) is 58.8 Å². The normalized spacial score (nSPS) is 10.6. The van der Waals surface area contributed by atoms with E-state index in [1.54, 1.807) is 0 Å². The molecule has 0 aliphatic rings. The summed E-state index contributed by atoms with van der Waals surface area (Å²) >= 11 is 9.17. The molecule has 9 aromatic carbocycles. The quantitative estimate of drug-likeness (QED) is 0.0434. The smallest absolute Gasteiger partial charge is 0.793 e. The van der Waals surface area contributed by atoms with Gasteiger partial charge in [-0.3, -0.25) is 0 Å². The minimum absolute atomic E-state index is 0. The maximum Gasteiger partial charge on any atom is 2.00 e. The van der Waals surface area contributed by atoms with Gasteiger partial charge >= 0.3 is 24.3 Å². The molecule has 0 heterocycles. The molecule has 1 radical (unpaired) electrons. The predicted octanol–water partition coefficient (Wildman–Crippen LogP) is 11.1. The van der Waals surface area contributed by atoms with Crippen LogP contribution in [-0.4, -0.2) is 31.1 Å². The maximum atomic E-state index is 9.75. The van der Waals surface area contributed by atoms with Crippen LogP contribution in [0.4, 0.5) is 17.3 Å². The van der Waals surface area contributed by atoms with Gasteiger partial charge in [-0.25, -0.2) is 0 Å². The van der Waals surface area contributed by atoms with Gasteiger partial charge < -0.3 is 42.5 Å². The molecule has 0 amide bonds. The third kappa shape index (κ3) is 20.1. The molecular weight excluding hydrogens is 1110 g/mol. The van der Waals surface area contributed by atoms with E-state index in [1.807, 2.05) is 0 Å². The van der Waals surface area contributed by atoms with E-state index in [2.05, 4.69) is 292 Å². The van der Waals surface area contributed by atoms with Crippen molar-refractivity contribution in [3.8, 4) is 0 Å². The molecule has 0 fully saturated rings. The van der Waals surface area contributed by atoms with Crippen molar-refractivity contribution in [3.63, 3.8) is 0 Å². The second kappa shape index (κ2) is 33.9. The van der Waals surface area contributed by atoms with Crippen molar-refractivity contribution >= 4 is 117 Å². The van der Waals surface area contributed by atoms with Crippen LogP contribution >= 0.6 is 31.7 Å². The zero-order valence-corrected chi connectivity index (χ0v) is 47.0. The van der Waals surface area contributed by atoms with Crippen molar-refractivity contribution in [3.05, 3.63) is 267 Å². The first-order valence-electron chi connectivity index (χ1n) is 23.3. The Morgan fingerprint density at radius 1 is 0.292 bits per heavy atom. The molecule has 0 saturated heterocycles. The monoisotopic (exact) mass is 1160 g/mol. The van der Waals surface area contributed by atoms with Crippen LogP contribution in [0.5, 0.6) is 0 Å². The Labute approximate surface area is 461 Å². The standard InChI is InChI=1S/C30H24P2.C26H24P2.C3H8S2.BF4.Cu.Ni/c1-5-15-25(16-6-1)31(26-17-7-2-8-18-26)29-23-13-14-24-30(29)32(27-19-9-3-10-20-27)28-21-11-4-12-22-28;1-5-13-23(14-6-1)27(24-15-7-2-8-16-24)21-22-28(25-17-9-3-10-18-25)26-19-11-4-12-20-26;4-2-1-3-5;2-1(3,4)5;;/h1-24H;1-20H,21-22H2;4-5H,1-3H2;;;/q;;;-1;+2;/p+2. The van der Waals surface area contributed by atoms with Crippen molar-refractivity contribution in [2.45, 2.75) is 6.42 Å². The van der Waals surface area contributed by atoms with Crippen molar-refractivity contribution in [2.75, 3.05) is 23.8 Å². The Hall–Kier alpha value is -3.80. The van der Waals surface area contributed by atoms with E-state index >= 15 is 0 Å². The molecule has 0 nitrogen and oxygen atoms in total. The van der Waals surface area contributed by atoms with Crippen molar-refractivity contribution in [1.29, 1.82) is 0 Å². The molecule has 0 aliphatic heterocycles. The summed E-state index contributed by atoms with van der Waals surface area (Å²) in [4.78, 5) is 0. The van der Waals surface area contributed by atoms with Gasteiger partial charge in [0.25, 0.3) is 0 Å². The third-order valence-corrected chi connectivity index (χ3v) is 23.7. The zero-order chi connectivity index (χ0) is 49.2. The van der Waals surface area contributed by atoms with E-state index in [0.29, 0.717) is 0 Å². The van der Waals surface area contributed by atoms with Crippen LogP contribution in [0.2, 0.25) is 0 Å². The van der Waals surface area contributed by atoms with Gasteiger partial charge in [0.15, 0.2) is 0 Å². The van der Waals surface area contributed by atoms with Crippen LogP contribution in [0, 0.1) is 0 Å². The number of halogens is 4. The molecule has 0 N–H and O–H groups in total. The van der Waals surface area contributed by atoms with E-state index in [1.165, 1.54) is 65.4 Å². The summed E-state index contributed by atoms with van der Waals surface area (Å²) in [5.74, 6) is 1.65. The molecule has 0 spiro atoms. The Morgan fingerprint density at radius 2 is 0.458 bits per heavy atom. The summed E-state index contributed by atoms with van der Waals surface area (Å²) in [7, 11) is -9.85. The van der Waals surface area contributed by atoms with Gasteiger partial charge in [-0.15, -0.1) is 0 Å². The summed E-state index contributed by atoms with van der Waals surface area (Å²) in [5.41, 5.74) is 0. The molecule has 72 heavy (non-hydrogen) atoms. The van der Waals surface area contributed by atoms with Gasteiger partial charge in [-0.05, 0) is 109 Å². The largest absolute Gasteiger partial charge is 2.00 e. The first-order valence-corrected chi connectivity index (χ1v) is 30.8. The Bertz CT molecular complexity index is 2440. The Kier molecular flexibility index (Phi) is 28.6. The molecule has 13 heteroatoms. The van der Waals surface area contributed by atoms with Crippen LogP contribution in [0.1, 0.15) is 6.42 Å². The summed E-state index contributed by atoms with van der Waals surface area (Å²) in [6.07, 6.45) is 3.54. The van der Waals surface area contributed by atoms with Gasteiger partial charge in [0.1, 0.15) is 60.0 Å². The summed E-state index contributed by atoms with van der Waals surface area (Å²) in [5, 5.41) is 14.8. The maximum absolute atomic E-state index is 9.75. The fourth-order valence-corrected chi connectivity index (χ4v) is 20.7. The van der Waals surface area contributed by atoms with Gasteiger partial charge in [0.2, 0.25) is 0 Å². The summed E-state index contributed by atoms with van der Waals surface area (Å²) in [6, 6.07) is 97.9. The van der Waals surface area contributed by atoms with Crippen molar-refractivity contribution in [2.24, 2.45) is 0 Å². The van der Waals surface area contributed by atoms with E-state index < -0.39 is 38.9 Å². The number of hydrogen-bond donors (Lipinski definition) is 0. The van der Waals surface area contributed by atoms with Crippen molar-refractivity contribution in [1.82, 2.24) is 0 Å². The average Bonchev–Trinajstić information content (AvgIpc) is 3.41. The average molecular weight is 1160 g/mol. The first-order chi connectivity index (χ1) is 34.2. The zero-order valence-electron chi connectivity index (χ0n) is 39.5. The summed E-state index contributed by atoms with van der Waals surface area (Å²) in [6.45, 7) is 0. The molecular formula is C59H58BCuF4NiP4S2+3. The van der Waals surface area contributed by atoms with Crippen LogP contribution in [0.25, 0.3) is 0 Å². The minimum Gasteiger partial charge on any atom is -0.793 e. The second-order valence-corrected chi connectivity index (χ2v) is 26.9. The molecule has 0 atom stereocenters. The molecule has 0 unspecified atom stereocenters. The van der Waals surface area contributed by atoms with E-state index in [9.17, 15) is 17.3 Å². The molecule has 0 aliphatic carbocycles. The van der Waals surface area contributed by atoms with E-state index in [-0.39, 0.29) is 33.6 Å². The predicted molar refractivity (Wildman–Crippen MR) is 317 cm³/mol. The van der Waals surface area contributed by atoms with E-state index in [4.69, 9.17) is 0 Å². The Morgan fingerprint density at radius 3 is 0.625 bits per heavy atom. The van der Waals surface area contributed by atoms with Crippen LogP contribution in [0.15, 0.2) is 267 Å². The fraction of sp³-hybridized carbons (Fsp3) is 0.0847. The fourth-order valence-electron chi connectivity index (χ4n) is 8.07. The van der Waals surface area contributed by atoms with Crippen LogP contribution in [0.3, 0.4) is 0 Å². The number of hydrogen-bond acceptors (Lipinski definition) is 2. The molecule has 9 aromatic rings. The molecule has 0 aromatic heterocycles. The first kappa shape index (κ1) is 60.8. The SMILES string of the molecule is F[B-](F)(F)F.[Cu+2].[Ni].[S-]CCC[S-].c1ccc([PH+](CC[PH+](c2ccccc2)c2ccccc2)c2ccccc2)cc1.c1ccc([PH+](c2ccccc2)c2ccccc2[PH+](c2ccccc2)c2ccccc2)cc1. The van der Waals surface area contributed by atoms with E-state index in [0.717, 1.165) is 17.9 Å². The molecule has 375 valence electrons. The second-order valence-electron chi connectivity index (χ2n) is 15.9.